The van der Waals surface area contributed by atoms with Crippen molar-refractivity contribution in [2.24, 2.45) is 11.8 Å². The van der Waals surface area contributed by atoms with Crippen molar-refractivity contribution in [2.45, 2.75) is 51.0 Å². The number of alkyl halides is 1. The molecule has 86 valence electrons. The fraction of sp³-hybridized carbons (Fsp3) is 0.917. The molecule has 0 aromatic carbocycles. The molecule has 3 heteroatoms. The van der Waals surface area contributed by atoms with Gasteiger partial charge >= 0.3 is 0 Å². The van der Waals surface area contributed by atoms with Gasteiger partial charge in [0, 0.05) is 11.8 Å². The second-order valence-electron chi connectivity index (χ2n) is 5.38. The minimum absolute atomic E-state index is 0.0983. The molecule has 1 amide bonds. The van der Waals surface area contributed by atoms with Crippen molar-refractivity contribution in [2.75, 3.05) is 5.88 Å². The average Bonchev–Trinajstić information content (AvgIpc) is 3.00. The van der Waals surface area contributed by atoms with Crippen LogP contribution in [0.1, 0.15) is 45.4 Å². The molecule has 0 aromatic rings. The van der Waals surface area contributed by atoms with Crippen molar-refractivity contribution in [1.29, 1.82) is 0 Å². The molecule has 0 aromatic heterocycles. The zero-order valence-electron chi connectivity index (χ0n) is 9.39. The lowest BCUT2D eigenvalue weighted by Gasteiger charge is -2.39. The summed E-state index contributed by atoms with van der Waals surface area (Å²) in [5.74, 6) is 1.79. The summed E-state index contributed by atoms with van der Waals surface area (Å²) in [4.78, 5) is 11.8. The Kier molecular flexibility index (Phi) is 3.24. The van der Waals surface area contributed by atoms with E-state index in [0.717, 1.165) is 25.7 Å². The molecule has 1 N–H and O–H groups in total. The summed E-state index contributed by atoms with van der Waals surface area (Å²) in [6.45, 7) is 2.25. The molecule has 2 saturated carbocycles. The molecule has 0 heterocycles. The van der Waals surface area contributed by atoms with Crippen molar-refractivity contribution >= 4 is 17.5 Å². The minimum Gasteiger partial charge on any atom is -0.349 e. The highest BCUT2D eigenvalue weighted by molar-refractivity contribution is 6.18. The normalized spacial score (nSPS) is 36.3. The SMILES string of the molecule is CC1CCCC(CCl)(NC(=O)C2CC2)C1. The molecular formula is C12H20ClNO. The van der Waals surface area contributed by atoms with Gasteiger partial charge in [-0.15, -0.1) is 11.6 Å². The van der Waals surface area contributed by atoms with Crippen LogP contribution in [0.3, 0.4) is 0 Å². The zero-order chi connectivity index (χ0) is 10.9. The third-order valence-electron chi connectivity index (χ3n) is 3.68. The molecule has 2 fully saturated rings. The standard InChI is InChI=1S/C12H20ClNO/c1-9-3-2-6-12(7-9,8-13)14-11(15)10-4-5-10/h9-10H,2-8H2,1H3,(H,14,15). The van der Waals surface area contributed by atoms with Crippen LogP contribution in [0.2, 0.25) is 0 Å². The fourth-order valence-corrected chi connectivity index (χ4v) is 2.95. The number of carbonyl (C=O) groups excluding carboxylic acids is 1. The highest BCUT2D eigenvalue weighted by Gasteiger charge is 2.39. The average molecular weight is 230 g/mol. The maximum absolute atomic E-state index is 11.8. The zero-order valence-corrected chi connectivity index (χ0v) is 10.1. The van der Waals surface area contributed by atoms with Gasteiger partial charge in [-0.25, -0.2) is 0 Å². The van der Waals surface area contributed by atoms with E-state index in [1.165, 1.54) is 12.8 Å². The maximum atomic E-state index is 11.8. The molecule has 2 aliphatic carbocycles. The van der Waals surface area contributed by atoms with Crippen LogP contribution in [0.5, 0.6) is 0 Å². The number of carbonyl (C=O) groups is 1. The summed E-state index contributed by atoms with van der Waals surface area (Å²) in [6, 6.07) is 0. The van der Waals surface area contributed by atoms with Gasteiger partial charge in [0.25, 0.3) is 0 Å². The highest BCUT2D eigenvalue weighted by Crippen LogP contribution is 2.35. The molecule has 0 bridgehead atoms. The van der Waals surface area contributed by atoms with Gasteiger partial charge in [0.1, 0.15) is 0 Å². The van der Waals surface area contributed by atoms with E-state index in [1.54, 1.807) is 0 Å². The van der Waals surface area contributed by atoms with Gasteiger partial charge in [-0.2, -0.15) is 0 Å². The Morgan fingerprint density at radius 2 is 2.20 bits per heavy atom. The van der Waals surface area contributed by atoms with Crippen LogP contribution in [0.4, 0.5) is 0 Å². The predicted octanol–water partition coefficient (Wildman–Crippen LogP) is 2.70. The number of hydrogen-bond donors (Lipinski definition) is 1. The minimum atomic E-state index is -0.0983. The largest absolute Gasteiger partial charge is 0.349 e. The van der Waals surface area contributed by atoms with Crippen LogP contribution in [-0.2, 0) is 4.79 Å². The van der Waals surface area contributed by atoms with Gasteiger partial charge in [-0.3, -0.25) is 4.79 Å². The van der Waals surface area contributed by atoms with Crippen LogP contribution in [0, 0.1) is 11.8 Å². The molecule has 2 aliphatic rings. The lowest BCUT2D eigenvalue weighted by Crippen LogP contribution is -2.53. The number of halogens is 1. The first-order valence-electron chi connectivity index (χ1n) is 6.03. The van der Waals surface area contributed by atoms with Gasteiger partial charge in [0.05, 0.1) is 5.54 Å². The topological polar surface area (TPSA) is 29.1 Å². The summed E-state index contributed by atoms with van der Waals surface area (Å²) in [6.07, 6.45) is 6.71. The molecule has 0 aliphatic heterocycles. The Labute approximate surface area is 96.8 Å². The van der Waals surface area contributed by atoms with Crippen LogP contribution in [0.25, 0.3) is 0 Å². The number of amides is 1. The molecule has 15 heavy (non-hydrogen) atoms. The van der Waals surface area contributed by atoms with Crippen LogP contribution in [-0.4, -0.2) is 17.3 Å². The van der Waals surface area contributed by atoms with Gasteiger partial charge in [-0.05, 0) is 31.6 Å². The van der Waals surface area contributed by atoms with Crippen molar-refractivity contribution < 1.29 is 4.79 Å². The van der Waals surface area contributed by atoms with E-state index in [-0.39, 0.29) is 11.4 Å². The molecule has 2 nitrogen and oxygen atoms in total. The van der Waals surface area contributed by atoms with Gasteiger partial charge in [0.15, 0.2) is 0 Å². The van der Waals surface area contributed by atoms with E-state index in [0.29, 0.717) is 17.7 Å². The Bertz CT molecular complexity index is 252. The molecule has 2 rings (SSSR count). The second-order valence-corrected chi connectivity index (χ2v) is 5.65. The predicted molar refractivity (Wildman–Crippen MR) is 61.9 cm³/mol. The van der Waals surface area contributed by atoms with Crippen molar-refractivity contribution in [3.05, 3.63) is 0 Å². The monoisotopic (exact) mass is 229 g/mol. The third kappa shape index (κ3) is 2.66. The first-order valence-corrected chi connectivity index (χ1v) is 6.57. The summed E-state index contributed by atoms with van der Waals surface area (Å²) in [5.41, 5.74) is -0.0983. The Morgan fingerprint density at radius 3 is 2.73 bits per heavy atom. The van der Waals surface area contributed by atoms with Crippen LogP contribution >= 0.6 is 11.6 Å². The lowest BCUT2D eigenvalue weighted by molar-refractivity contribution is -0.124. The smallest absolute Gasteiger partial charge is 0.223 e. The summed E-state index contributed by atoms with van der Waals surface area (Å²) >= 11 is 6.06. The first kappa shape index (κ1) is 11.3. The molecule has 2 unspecified atom stereocenters. The molecule has 0 saturated heterocycles. The molecule has 0 spiro atoms. The van der Waals surface area contributed by atoms with Crippen LogP contribution in [0.15, 0.2) is 0 Å². The van der Waals surface area contributed by atoms with Crippen molar-refractivity contribution in [1.82, 2.24) is 5.32 Å². The van der Waals surface area contributed by atoms with E-state index in [1.807, 2.05) is 0 Å². The molecule has 2 atom stereocenters. The van der Waals surface area contributed by atoms with E-state index in [4.69, 9.17) is 11.6 Å². The number of nitrogens with one attached hydrogen (secondary N) is 1. The summed E-state index contributed by atoms with van der Waals surface area (Å²) in [5, 5.41) is 3.20. The van der Waals surface area contributed by atoms with Gasteiger partial charge < -0.3 is 5.32 Å². The summed E-state index contributed by atoms with van der Waals surface area (Å²) in [7, 11) is 0. The lowest BCUT2D eigenvalue weighted by atomic mass is 9.77. The Balaban J connectivity index is 1.96. The molecule has 0 radical (unpaired) electrons. The van der Waals surface area contributed by atoms with Gasteiger partial charge in [-0.1, -0.05) is 19.8 Å². The quantitative estimate of drug-likeness (QED) is 0.741. The highest BCUT2D eigenvalue weighted by atomic mass is 35.5. The Hall–Kier alpha value is -0.240. The first-order chi connectivity index (χ1) is 7.15. The van der Waals surface area contributed by atoms with E-state index < -0.39 is 0 Å². The van der Waals surface area contributed by atoms with Crippen molar-refractivity contribution in [3.63, 3.8) is 0 Å². The van der Waals surface area contributed by atoms with Crippen LogP contribution < -0.4 is 5.32 Å². The van der Waals surface area contributed by atoms with E-state index >= 15 is 0 Å². The van der Waals surface area contributed by atoms with E-state index in [9.17, 15) is 4.79 Å². The molecular weight excluding hydrogens is 210 g/mol. The number of rotatable bonds is 3. The fourth-order valence-electron chi connectivity index (χ4n) is 2.64. The second kappa shape index (κ2) is 4.32. The third-order valence-corrected chi connectivity index (χ3v) is 4.20. The Morgan fingerprint density at radius 1 is 1.47 bits per heavy atom. The summed E-state index contributed by atoms with van der Waals surface area (Å²) < 4.78 is 0. The van der Waals surface area contributed by atoms with E-state index in [2.05, 4.69) is 12.2 Å². The van der Waals surface area contributed by atoms with Crippen molar-refractivity contribution in [3.8, 4) is 0 Å². The number of hydrogen-bond acceptors (Lipinski definition) is 1. The maximum Gasteiger partial charge on any atom is 0.223 e. The van der Waals surface area contributed by atoms with Gasteiger partial charge in [0.2, 0.25) is 5.91 Å².